The molecule has 1 aliphatic rings. The standard InChI is InChI=1S/C17H23N3/c1-12(2)9-13-3-5-14(6-4-13)17-16-10-15(18)7-8-20(16)11-19-17/h3-6,11-12,15H,7-10,18H2,1-2H3. The zero-order valence-electron chi connectivity index (χ0n) is 12.3. The quantitative estimate of drug-likeness (QED) is 0.930. The average molecular weight is 269 g/mol. The van der Waals surface area contributed by atoms with Gasteiger partial charge in [-0.1, -0.05) is 38.1 Å². The average Bonchev–Trinajstić information content (AvgIpc) is 2.82. The second-order valence-corrected chi connectivity index (χ2v) is 6.28. The summed E-state index contributed by atoms with van der Waals surface area (Å²) in [5, 5.41) is 0. The summed E-state index contributed by atoms with van der Waals surface area (Å²) in [5.41, 5.74) is 11.1. The van der Waals surface area contributed by atoms with Gasteiger partial charge in [-0.25, -0.2) is 4.98 Å². The number of nitrogens with two attached hydrogens (primary N) is 1. The number of hydrogen-bond donors (Lipinski definition) is 1. The van der Waals surface area contributed by atoms with Gasteiger partial charge in [0.2, 0.25) is 0 Å². The van der Waals surface area contributed by atoms with Crippen LogP contribution in [0.2, 0.25) is 0 Å². The first kappa shape index (κ1) is 13.4. The number of hydrogen-bond acceptors (Lipinski definition) is 2. The van der Waals surface area contributed by atoms with Crippen molar-refractivity contribution in [2.24, 2.45) is 11.7 Å². The molecule has 3 rings (SSSR count). The monoisotopic (exact) mass is 269 g/mol. The molecule has 3 nitrogen and oxygen atoms in total. The summed E-state index contributed by atoms with van der Waals surface area (Å²) in [6, 6.07) is 9.12. The predicted octanol–water partition coefficient (Wildman–Crippen LogP) is 3.02. The maximum absolute atomic E-state index is 6.09. The minimum Gasteiger partial charge on any atom is -0.334 e. The third-order valence-corrected chi connectivity index (χ3v) is 4.01. The Morgan fingerprint density at radius 3 is 2.75 bits per heavy atom. The van der Waals surface area contributed by atoms with Crippen LogP contribution in [0.5, 0.6) is 0 Å². The molecule has 1 aliphatic heterocycles. The van der Waals surface area contributed by atoms with Crippen LogP contribution in [0, 0.1) is 5.92 Å². The first-order valence-corrected chi connectivity index (χ1v) is 7.52. The lowest BCUT2D eigenvalue weighted by atomic mass is 9.98. The smallest absolute Gasteiger partial charge is 0.0956 e. The molecule has 2 heterocycles. The van der Waals surface area contributed by atoms with Crippen LogP contribution in [-0.4, -0.2) is 15.6 Å². The lowest BCUT2D eigenvalue weighted by molar-refractivity contribution is 0.472. The van der Waals surface area contributed by atoms with Crippen LogP contribution in [0.1, 0.15) is 31.5 Å². The molecule has 3 heteroatoms. The van der Waals surface area contributed by atoms with Gasteiger partial charge in [0, 0.05) is 30.3 Å². The lowest BCUT2D eigenvalue weighted by Crippen LogP contribution is -2.30. The minimum absolute atomic E-state index is 0.276. The van der Waals surface area contributed by atoms with Crippen molar-refractivity contribution in [2.45, 2.75) is 45.7 Å². The van der Waals surface area contributed by atoms with Gasteiger partial charge in [-0.05, 0) is 24.3 Å². The summed E-state index contributed by atoms with van der Waals surface area (Å²) in [5.74, 6) is 0.694. The van der Waals surface area contributed by atoms with Gasteiger partial charge in [-0.15, -0.1) is 0 Å². The summed E-state index contributed by atoms with van der Waals surface area (Å²) in [6.45, 7) is 5.50. The molecule has 2 N–H and O–H groups in total. The zero-order chi connectivity index (χ0) is 14.1. The first-order valence-electron chi connectivity index (χ1n) is 7.52. The van der Waals surface area contributed by atoms with E-state index >= 15 is 0 Å². The number of nitrogens with zero attached hydrogens (tertiary/aromatic N) is 2. The third-order valence-electron chi connectivity index (χ3n) is 4.01. The van der Waals surface area contributed by atoms with E-state index in [1.165, 1.54) is 16.8 Å². The Morgan fingerprint density at radius 2 is 2.05 bits per heavy atom. The Bertz CT molecular complexity index is 581. The number of imidazole rings is 1. The molecular formula is C17H23N3. The highest BCUT2D eigenvalue weighted by molar-refractivity contribution is 5.62. The van der Waals surface area contributed by atoms with Gasteiger partial charge >= 0.3 is 0 Å². The van der Waals surface area contributed by atoms with Crippen LogP contribution < -0.4 is 5.73 Å². The van der Waals surface area contributed by atoms with Crippen LogP contribution in [0.4, 0.5) is 0 Å². The van der Waals surface area contributed by atoms with Gasteiger partial charge in [-0.2, -0.15) is 0 Å². The highest BCUT2D eigenvalue weighted by Crippen LogP contribution is 2.27. The fourth-order valence-corrected chi connectivity index (χ4v) is 2.98. The Kier molecular flexibility index (Phi) is 3.62. The number of aryl methyl sites for hydroxylation is 1. The van der Waals surface area contributed by atoms with Crippen LogP contribution in [0.15, 0.2) is 30.6 Å². The van der Waals surface area contributed by atoms with E-state index in [1.54, 1.807) is 0 Å². The minimum atomic E-state index is 0.276. The summed E-state index contributed by atoms with van der Waals surface area (Å²) < 4.78 is 2.25. The Labute approximate surface area is 120 Å². The van der Waals surface area contributed by atoms with E-state index in [1.807, 2.05) is 6.33 Å². The molecule has 0 spiro atoms. The van der Waals surface area contributed by atoms with E-state index in [4.69, 9.17) is 5.73 Å². The van der Waals surface area contributed by atoms with Crippen molar-refractivity contribution >= 4 is 0 Å². The fraction of sp³-hybridized carbons (Fsp3) is 0.471. The predicted molar refractivity (Wildman–Crippen MR) is 82.5 cm³/mol. The van der Waals surface area contributed by atoms with Crippen LogP contribution in [-0.2, 0) is 19.4 Å². The summed E-state index contributed by atoms with van der Waals surface area (Å²) >= 11 is 0. The van der Waals surface area contributed by atoms with Crippen molar-refractivity contribution in [1.82, 2.24) is 9.55 Å². The van der Waals surface area contributed by atoms with E-state index in [-0.39, 0.29) is 6.04 Å². The third kappa shape index (κ3) is 2.63. The molecule has 0 bridgehead atoms. The molecule has 1 atom stereocenters. The van der Waals surface area contributed by atoms with E-state index in [9.17, 15) is 0 Å². The van der Waals surface area contributed by atoms with E-state index < -0.39 is 0 Å². The van der Waals surface area contributed by atoms with Crippen molar-refractivity contribution in [3.8, 4) is 11.3 Å². The SMILES string of the molecule is CC(C)Cc1ccc(-c2ncn3c2CC(N)CC3)cc1. The Balaban J connectivity index is 1.88. The summed E-state index contributed by atoms with van der Waals surface area (Å²) in [4.78, 5) is 4.60. The summed E-state index contributed by atoms with van der Waals surface area (Å²) in [6.07, 6.45) is 5.07. The molecule has 0 fully saturated rings. The van der Waals surface area contributed by atoms with Crippen molar-refractivity contribution in [3.63, 3.8) is 0 Å². The van der Waals surface area contributed by atoms with Gasteiger partial charge in [-0.3, -0.25) is 0 Å². The van der Waals surface area contributed by atoms with Crippen LogP contribution in [0.25, 0.3) is 11.3 Å². The molecule has 20 heavy (non-hydrogen) atoms. The second-order valence-electron chi connectivity index (χ2n) is 6.28. The van der Waals surface area contributed by atoms with Crippen molar-refractivity contribution in [1.29, 1.82) is 0 Å². The first-order chi connectivity index (χ1) is 9.63. The molecule has 0 saturated carbocycles. The van der Waals surface area contributed by atoms with E-state index in [2.05, 4.69) is 47.7 Å². The zero-order valence-corrected chi connectivity index (χ0v) is 12.3. The molecular weight excluding hydrogens is 246 g/mol. The molecule has 0 aliphatic carbocycles. The number of fused-ring (bicyclic) bond motifs is 1. The van der Waals surface area contributed by atoms with Gasteiger partial charge in [0.15, 0.2) is 0 Å². The number of aromatic nitrogens is 2. The van der Waals surface area contributed by atoms with Crippen LogP contribution >= 0.6 is 0 Å². The molecule has 2 aromatic rings. The van der Waals surface area contributed by atoms with Gasteiger partial charge in [0.25, 0.3) is 0 Å². The molecule has 0 radical (unpaired) electrons. The normalized spacial score (nSPS) is 18.3. The molecule has 1 unspecified atom stereocenters. The maximum Gasteiger partial charge on any atom is 0.0956 e. The highest BCUT2D eigenvalue weighted by atomic mass is 15.1. The van der Waals surface area contributed by atoms with Crippen molar-refractivity contribution in [2.75, 3.05) is 0 Å². The van der Waals surface area contributed by atoms with Gasteiger partial charge in [0.1, 0.15) is 0 Å². The molecule has 1 aromatic carbocycles. The Morgan fingerprint density at radius 1 is 1.30 bits per heavy atom. The van der Waals surface area contributed by atoms with Gasteiger partial charge in [0.05, 0.1) is 12.0 Å². The highest BCUT2D eigenvalue weighted by Gasteiger charge is 2.20. The van der Waals surface area contributed by atoms with Crippen LogP contribution in [0.3, 0.4) is 0 Å². The largest absolute Gasteiger partial charge is 0.334 e. The topological polar surface area (TPSA) is 43.8 Å². The number of benzene rings is 1. The summed E-state index contributed by atoms with van der Waals surface area (Å²) in [7, 11) is 0. The number of rotatable bonds is 3. The molecule has 0 amide bonds. The van der Waals surface area contributed by atoms with E-state index in [0.29, 0.717) is 5.92 Å². The Hall–Kier alpha value is -1.61. The molecule has 106 valence electrons. The molecule has 1 aromatic heterocycles. The fourth-order valence-electron chi connectivity index (χ4n) is 2.98. The second kappa shape index (κ2) is 5.41. The van der Waals surface area contributed by atoms with Crippen molar-refractivity contribution < 1.29 is 0 Å². The van der Waals surface area contributed by atoms with Crippen molar-refractivity contribution in [3.05, 3.63) is 41.9 Å². The van der Waals surface area contributed by atoms with E-state index in [0.717, 1.165) is 31.5 Å². The van der Waals surface area contributed by atoms with Gasteiger partial charge < -0.3 is 10.3 Å². The maximum atomic E-state index is 6.09. The lowest BCUT2D eigenvalue weighted by Gasteiger charge is -2.21. The molecule has 0 saturated heterocycles.